The van der Waals surface area contributed by atoms with Crippen molar-refractivity contribution in [3.05, 3.63) is 57.0 Å². The van der Waals surface area contributed by atoms with Gasteiger partial charge in [0.1, 0.15) is 17.0 Å². The summed E-state index contributed by atoms with van der Waals surface area (Å²) in [5.74, 6) is 0.133. The Balaban J connectivity index is 1.84. The van der Waals surface area contributed by atoms with Crippen LogP contribution in [0.2, 0.25) is 5.02 Å². The first-order chi connectivity index (χ1) is 11.0. The van der Waals surface area contributed by atoms with E-state index in [-0.39, 0.29) is 11.4 Å². The van der Waals surface area contributed by atoms with Gasteiger partial charge in [0.25, 0.3) is 5.56 Å². The van der Waals surface area contributed by atoms with Gasteiger partial charge in [-0.25, -0.2) is 9.37 Å². The molecule has 2 aromatic heterocycles. The molecule has 0 bridgehead atoms. The minimum absolute atomic E-state index is 0.240. The predicted molar refractivity (Wildman–Crippen MR) is 85.7 cm³/mol. The highest BCUT2D eigenvalue weighted by Crippen LogP contribution is 2.20. The van der Waals surface area contributed by atoms with E-state index in [1.165, 1.54) is 12.3 Å². The van der Waals surface area contributed by atoms with Crippen LogP contribution in [0, 0.1) is 5.82 Å². The van der Waals surface area contributed by atoms with Gasteiger partial charge in [0.2, 0.25) is 0 Å². The third-order valence-corrected chi connectivity index (χ3v) is 3.91. The second kappa shape index (κ2) is 6.10. The second-order valence-electron chi connectivity index (χ2n) is 5.39. The second-order valence-corrected chi connectivity index (χ2v) is 5.80. The average molecular weight is 336 g/mol. The van der Waals surface area contributed by atoms with Gasteiger partial charge in [-0.1, -0.05) is 17.7 Å². The molecule has 120 valence electrons. The van der Waals surface area contributed by atoms with E-state index in [0.29, 0.717) is 40.5 Å². The Bertz CT molecular complexity index is 900. The van der Waals surface area contributed by atoms with Crippen molar-refractivity contribution in [1.29, 1.82) is 0 Å². The summed E-state index contributed by atoms with van der Waals surface area (Å²) in [6.45, 7) is 0.652. The molecule has 23 heavy (non-hydrogen) atoms. The Morgan fingerprint density at radius 1 is 1.39 bits per heavy atom. The minimum atomic E-state index is -0.354. The first kappa shape index (κ1) is 15.6. The molecular weight excluding hydrogens is 321 g/mol. The molecule has 0 amide bonds. The molecule has 1 aromatic carbocycles. The summed E-state index contributed by atoms with van der Waals surface area (Å²) in [4.78, 5) is 21.0. The summed E-state index contributed by atoms with van der Waals surface area (Å²) in [7, 11) is 3.53. The number of hydrogen-bond acceptors (Lipinski definition) is 4. The van der Waals surface area contributed by atoms with Crippen LogP contribution >= 0.6 is 11.6 Å². The van der Waals surface area contributed by atoms with Crippen LogP contribution in [0.5, 0.6) is 0 Å². The molecule has 0 aliphatic heterocycles. The van der Waals surface area contributed by atoms with Gasteiger partial charge in [0.15, 0.2) is 5.65 Å². The van der Waals surface area contributed by atoms with Gasteiger partial charge in [-0.3, -0.25) is 14.4 Å². The molecule has 0 saturated heterocycles. The van der Waals surface area contributed by atoms with E-state index >= 15 is 0 Å². The number of fused-ring (bicyclic) bond motifs is 1. The quantitative estimate of drug-likeness (QED) is 0.792. The average Bonchev–Trinajstić information content (AvgIpc) is 2.85. The molecule has 6 nitrogen and oxygen atoms in total. The Morgan fingerprint density at radius 2 is 2.17 bits per heavy atom. The minimum Gasteiger partial charge on any atom is -0.309 e. The van der Waals surface area contributed by atoms with Crippen LogP contribution < -0.4 is 5.56 Å². The van der Waals surface area contributed by atoms with Crippen molar-refractivity contribution < 1.29 is 4.39 Å². The Labute approximate surface area is 136 Å². The first-order valence-electron chi connectivity index (χ1n) is 6.98. The molecule has 2 heterocycles. The SMILES string of the molecule is CN(Cc1nc2c(cnn2C)c(=O)[nH]1)Cc1c(F)cccc1Cl. The van der Waals surface area contributed by atoms with Crippen LogP contribution in [0.4, 0.5) is 4.39 Å². The molecule has 0 fully saturated rings. The maximum atomic E-state index is 13.8. The molecule has 0 aliphatic rings. The summed E-state index contributed by atoms with van der Waals surface area (Å²) >= 11 is 6.03. The summed E-state index contributed by atoms with van der Waals surface area (Å²) in [5, 5.41) is 4.84. The summed E-state index contributed by atoms with van der Waals surface area (Å²) in [6, 6.07) is 4.59. The molecule has 0 atom stereocenters. The van der Waals surface area contributed by atoms with Crippen molar-refractivity contribution in [2.24, 2.45) is 7.05 Å². The lowest BCUT2D eigenvalue weighted by atomic mass is 10.2. The number of benzene rings is 1. The van der Waals surface area contributed by atoms with Gasteiger partial charge in [0, 0.05) is 24.2 Å². The fourth-order valence-electron chi connectivity index (χ4n) is 2.42. The topological polar surface area (TPSA) is 66.8 Å². The summed E-state index contributed by atoms with van der Waals surface area (Å²) in [5.41, 5.74) is 0.692. The van der Waals surface area contributed by atoms with Crippen molar-refractivity contribution >= 4 is 22.6 Å². The van der Waals surface area contributed by atoms with E-state index in [2.05, 4.69) is 15.1 Å². The fraction of sp³-hybridized carbons (Fsp3) is 0.267. The third-order valence-electron chi connectivity index (χ3n) is 3.56. The molecule has 0 unspecified atom stereocenters. The zero-order chi connectivity index (χ0) is 16.6. The lowest BCUT2D eigenvalue weighted by molar-refractivity contribution is 0.305. The molecule has 0 spiro atoms. The van der Waals surface area contributed by atoms with Crippen LogP contribution in [0.15, 0.2) is 29.2 Å². The van der Waals surface area contributed by atoms with Crippen LogP contribution in [0.1, 0.15) is 11.4 Å². The summed E-state index contributed by atoms with van der Waals surface area (Å²) in [6.07, 6.45) is 1.48. The number of aromatic nitrogens is 4. The number of nitrogens with zero attached hydrogens (tertiary/aromatic N) is 4. The first-order valence-corrected chi connectivity index (χ1v) is 7.36. The number of halogens is 2. The molecular formula is C15H15ClFN5O. The van der Waals surface area contributed by atoms with Gasteiger partial charge in [-0.2, -0.15) is 5.10 Å². The van der Waals surface area contributed by atoms with Gasteiger partial charge >= 0.3 is 0 Å². The predicted octanol–water partition coefficient (Wildman–Crippen LogP) is 2.08. The van der Waals surface area contributed by atoms with Gasteiger partial charge in [0.05, 0.1) is 12.7 Å². The fourth-order valence-corrected chi connectivity index (χ4v) is 2.64. The molecule has 0 radical (unpaired) electrons. The zero-order valence-electron chi connectivity index (χ0n) is 12.7. The van der Waals surface area contributed by atoms with Crippen molar-refractivity contribution in [2.45, 2.75) is 13.1 Å². The van der Waals surface area contributed by atoms with Crippen molar-refractivity contribution in [1.82, 2.24) is 24.6 Å². The smallest absolute Gasteiger partial charge is 0.262 e. The van der Waals surface area contributed by atoms with Crippen molar-refractivity contribution in [2.75, 3.05) is 7.05 Å². The van der Waals surface area contributed by atoms with Crippen molar-refractivity contribution in [3.63, 3.8) is 0 Å². The zero-order valence-corrected chi connectivity index (χ0v) is 13.4. The van der Waals surface area contributed by atoms with Crippen molar-refractivity contribution in [3.8, 4) is 0 Å². The molecule has 3 rings (SSSR count). The van der Waals surface area contributed by atoms with Crippen LogP contribution in [0.3, 0.4) is 0 Å². The molecule has 0 aliphatic carbocycles. The van der Waals surface area contributed by atoms with Crippen LogP contribution in [-0.4, -0.2) is 31.7 Å². The van der Waals surface area contributed by atoms with Gasteiger partial charge in [-0.05, 0) is 19.2 Å². The van der Waals surface area contributed by atoms with E-state index in [1.54, 1.807) is 30.9 Å². The largest absolute Gasteiger partial charge is 0.309 e. The highest BCUT2D eigenvalue weighted by atomic mass is 35.5. The third kappa shape index (κ3) is 3.11. The molecule has 8 heteroatoms. The van der Waals surface area contributed by atoms with E-state index in [4.69, 9.17) is 11.6 Å². The van der Waals surface area contributed by atoms with E-state index in [1.807, 2.05) is 4.90 Å². The number of aromatic amines is 1. The maximum absolute atomic E-state index is 13.8. The number of rotatable bonds is 4. The lowest BCUT2D eigenvalue weighted by Crippen LogP contribution is -2.22. The van der Waals surface area contributed by atoms with E-state index in [9.17, 15) is 9.18 Å². The number of hydrogen-bond donors (Lipinski definition) is 1. The summed E-state index contributed by atoms with van der Waals surface area (Å²) < 4.78 is 15.4. The molecule has 3 aromatic rings. The highest BCUT2D eigenvalue weighted by molar-refractivity contribution is 6.31. The maximum Gasteiger partial charge on any atom is 0.262 e. The standard InChI is InChI=1S/C15H15ClFN5O/c1-21(7-10-11(16)4-3-5-12(10)17)8-13-19-14-9(15(23)20-13)6-18-22(14)2/h3-6H,7-8H2,1-2H3,(H,19,20,23). The Morgan fingerprint density at radius 3 is 2.91 bits per heavy atom. The van der Waals surface area contributed by atoms with Gasteiger partial charge in [-0.15, -0.1) is 0 Å². The van der Waals surface area contributed by atoms with E-state index in [0.717, 1.165) is 0 Å². The molecule has 1 N–H and O–H groups in total. The monoisotopic (exact) mass is 335 g/mol. The molecule has 0 saturated carbocycles. The lowest BCUT2D eigenvalue weighted by Gasteiger charge is -2.17. The highest BCUT2D eigenvalue weighted by Gasteiger charge is 2.13. The van der Waals surface area contributed by atoms with Crippen LogP contribution in [-0.2, 0) is 20.1 Å². The number of aryl methyl sites for hydroxylation is 1. The van der Waals surface area contributed by atoms with E-state index < -0.39 is 0 Å². The number of nitrogens with one attached hydrogen (secondary N) is 1. The normalized spacial score (nSPS) is 11.5. The Hall–Kier alpha value is -2.25. The van der Waals surface area contributed by atoms with Gasteiger partial charge < -0.3 is 4.98 Å². The Kier molecular flexibility index (Phi) is 4.14. The number of H-pyrrole nitrogens is 1. The van der Waals surface area contributed by atoms with Crippen LogP contribution in [0.25, 0.3) is 11.0 Å².